The van der Waals surface area contributed by atoms with Crippen molar-refractivity contribution in [3.63, 3.8) is 0 Å². The molecule has 0 fully saturated rings. The van der Waals surface area contributed by atoms with E-state index < -0.39 is 0 Å². The fourth-order valence-corrected chi connectivity index (χ4v) is 3.78. The van der Waals surface area contributed by atoms with Crippen LogP contribution in [0.3, 0.4) is 0 Å². The van der Waals surface area contributed by atoms with Crippen LogP contribution in [0.5, 0.6) is 0 Å². The summed E-state index contributed by atoms with van der Waals surface area (Å²) < 4.78 is 1.85. The monoisotopic (exact) mass is 351 g/mol. The summed E-state index contributed by atoms with van der Waals surface area (Å²) in [4.78, 5) is 31.8. The number of nitrogens with one attached hydrogen (secondary N) is 2. The molecule has 0 aromatic carbocycles. The first-order valence-electron chi connectivity index (χ1n) is 8.63. The Balaban J connectivity index is 1.73. The van der Waals surface area contributed by atoms with Crippen molar-refractivity contribution < 1.29 is 4.79 Å². The van der Waals surface area contributed by atoms with Gasteiger partial charge in [-0.1, -0.05) is 19.9 Å². The van der Waals surface area contributed by atoms with Gasteiger partial charge < -0.3 is 10.3 Å². The summed E-state index contributed by atoms with van der Waals surface area (Å²) in [7, 11) is 0. The molecule has 0 aliphatic heterocycles. The first-order valence-corrected chi connectivity index (χ1v) is 8.63. The maximum absolute atomic E-state index is 12.9. The number of nitrogens with zero attached hydrogens (tertiary/aromatic N) is 3. The number of hydrogen-bond donors (Lipinski definition) is 2. The van der Waals surface area contributed by atoms with Gasteiger partial charge in [0.05, 0.1) is 17.3 Å². The topological polar surface area (TPSA) is 92.2 Å². The van der Waals surface area contributed by atoms with Gasteiger partial charge in [-0.25, -0.2) is 9.50 Å². The number of carbonyl (C=O) groups excluding carboxylic acids is 1. The van der Waals surface area contributed by atoms with Gasteiger partial charge in [-0.3, -0.25) is 9.59 Å². The summed E-state index contributed by atoms with van der Waals surface area (Å²) in [6.07, 6.45) is 2.44. The van der Waals surface area contributed by atoms with Gasteiger partial charge in [0.25, 0.3) is 5.56 Å². The number of fused-ring (bicyclic) bond motifs is 3. The van der Waals surface area contributed by atoms with E-state index in [1.807, 2.05) is 17.5 Å². The third kappa shape index (κ3) is 2.51. The maximum Gasteiger partial charge on any atom is 0.252 e. The van der Waals surface area contributed by atoms with Crippen LogP contribution in [-0.4, -0.2) is 25.5 Å². The lowest BCUT2D eigenvalue weighted by Gasteiger charge is -2.19. The number of amides is 1. The number of aromatic nitrogens is 4. The van der Waals surface area contributed by atoms with Crippen molar-refractivity contribution in [2.75, 3.05) is 5.32 Å². The zero-order valence-electron chi connectivity index (χ0n) is 15.3. The zero-order chi connectivity index (χ0) is 18.6. The Labute approximate surface area is 150 Å². The molecule has 3 heterocycles. The molecule has 7 heteroatoms. The molecule has 0 radical (unpaired) electrons. The van der Waals surface area contributed by atoms with Gasteiger partial charge in [0.2, 0.25) is 5.91 Å². The molecule has 1 aliphatic rings. The Kier molecular flexibility index (Phi) is 3.50. The first kappa shape index (κ1) is 16.5. The number of H-pyrrole nitrogens is 1. The highest BCUT2D eigenvalue weighted by atomic mass is 16.2. The molecule has 1 amide bonds. The number of carbonyl (C=O) groups is 1. The molecular formula is C19H21N5O2. The minimum absolute atomic E-state index is 0.152. The molecule has 1 atom stereocenters. The van der Waals surface area contributed by atoms with Gasteiger partial charge >= 0.3 is 0 Å². The largest absolute Gasteiger partial charge is 0.312 e. The van der Waals surface area contributed by atoms with Gasteiger partial charge in [-0.05, 0) is 26.3 Å². The Morgan fingerprint density at radius 2 is 2.12 bits per heavy atom. The van der Waals surface area contributed by atoms with Crippen LogP contribution in [0.4, 0.5) is 5.82 Å². The number of aryl methyl sites for hydroxylation is 2. The predicted molar refractivity (Wildman–Crippen MR) is 98.5 cm³/mol. The van der Waals surface area contributed by atoms with E-state index in [-0.39, 0.29) is 22.8 Å². The van der Waals surface area contributed by atoms with Crippen LogP contribution in [-0.2, 0) is 10.2 Å². The van der Waals surface area contributed by atoms with E-state index in [9.17, 15) is 9.59 Å². The van der Waals surface area contributed by atoms with Crippen molar-refractivity contribution in [1.29, 1.82) is 0 Å². The lowest BCUT2D eigenvalue weighted by molar-refractivity contribution is -0.117. The number of rotatable bonds is 2. The molecule has 134 valence electrons. The second-order valence-electron chi connectivity index (χ2n) is 7.63. The number of hydrogen-bond acceptors (Lipinski definition) is 4. The van der Waals surface area contributed by atoms with Crippen LogP contribution >= 0.6 is 0 Å². The number of pyridine rings is 1. The van der Waals surface area contributed by atoms with Gasteiger partial charge in [-0.2, -0.15) is 5.10 Å². The normalized spacial score (nSPS) is 18.1. The molecule has 4 rings (SSSR count). The summed E-state index contributed by atoms with van der Waals surface area (Å²) in [5.74, 6) is -0.0894. The highest BCUT2D eigenvalue weighted by molar-refractivity contribution is 5.96. The quantitative estimate of drug-likeness (QED) is 0.742. The van der Waals surface area contributed by atoms with Gasteiger partial charge in [0.1, 0.15) is 5.82 Å². The summed E-state index contributed by atoms with van der Waals surface area (Å²) in [6.45, 7) is 7.89. The predicted octanol–water partition coefficient (Wildman–Crippen LogP) is 2.44. The van der Waals surface area contributed by atoms with Gasteiger partial charge in [-0.15, -0.1) is 0 Å². The highest BCUT2D eigenvalue weighted by Crippen LogP contribution is 2.45. The second kappa shape index (κ2) is 5.52. The summed E-state index contributed by atoms with van der Waals surface area (Å²) in [5.41, 5.74) is 3.79. The number of aromatic amines is 1. The van der Waals surface area contributed by atoms with Crippen molar-refractivity contribution in [2.24, 2.45) is 0 Å². The van der Waals surface area contributed by atoms with Crippen LogP contribution in [0.25, 0.3) is 5.65 Å². The summed E-state index contributed by atoms with van der Waals surface area (Å²) >= 11 is 0. The Morgan fingerprint density at radius 1 is 1.35 bits per heavy atom. The second-order valence-corrected chi connectivity index (χ2v) is 7.63. The van der Waals surface area contributed by atoms with E-state index in [0.29, 0.717) is 17.8 Å². The third-order valence-corrected chi connectivity index (χ3v) is 5.05. The fraction of sp³-hybridized carbons (Fsp3) is 0.368. The van der Waals surface area contributed by atoms with E-state index in [2.05, 4.69) is 34.2 Å². The summed E-state index contributed by atoms with van der Waals surface area (Å²) in [5, 5.41) is 7.39. The first-order chi connectivity index (χ1) is 12.3. The lowest BCUT2D eigenvalue weighted by Crippen LogP contribution is -2.23. The minimum Gasteiger partial charge on any atom is -0.312 e. The van der Waals surface area contributed by atoms with Crippen molar-refractivity contribution in [3.8, 4) is 0 Å². The molecule has 0 bridgehead atoms. The Bertz CT molecular complexity index is 1090. The van der Waals surface area contributed by atoms with E-state index in [1.54, 1.807) is 25.3 Å². The third-order valence-electron chi connectivity index (χ3n) is 5.05. The van der Waals surface area contributed by atoms with Crippen molar-refractivity contribution in [1.82, 2.24) is 19.6 Å². The maximum atomic E-state index is 12.9. The molecule has 0 spiro atoms. The highest BCUT2D eigenvalue weighted by Gasteiger charge is 2.43. The average molecular weight is 351 g/mol. The zero-order valence-corrected chi connectivity index (χ0v) is 15.3. The molecule has 7 nitrogen and oxygen atoms in total. The van der Waals surface area contributed by atoms with E-state index >= 15 is 0 Å². The smallest absolute Gasteiger partial charge is 0.252 e. The summed E-state index contributed by atoms with van der Waals surface area (Å²) in [6, 6.07) is 5.33. The average Bonchev–Trinajstić information content (AvgIpc) is 3.07. The standard InChI is InChI=1S/C19H21N5O2/c1-10-5-6-14(21-17(10)25)22-18(26)12-8-19(3,4)16-13(12)9-20-15-7-11(2)23-24(15)16/h5-7,9,12H,8H2,1-4H3,(H2,21,22,25,26). The molecule has 0 saturated heterocycles. The molecule has 3 aromatic heterocycles. The number of anilines is 1. The molecule has 3 aromatic rings. The van der Waals surface area contributed by atoms with Crippen molar-refractivity contribution in [2.45, 2.75) is 45.4 Å². The van der Waals surface area contributed by atoms with Crippen molar-refractivity contribution in [3.05, 3.63) is 57.3 Å². The Morgan fingerprint density at radius 3 is 2.85 bits per heavy atom. The molecule has 0 saturated carbocycles. The molecule has 26 heavy (non-hydrogen) atoms. The van der Waals surface area contributed by atoms with E-state index in [1.165, 1.54) is 0 Å². The van der Waals surface area contributed by atoms with Crippen LogP contribution in [0.2, 0.25) is 0 Å². The molecule has 1 aliphatic carbocycles. The minimum atomic E-state index is -0.341. The van der Waals surface area contributed by atoms with E-state index in [4.69, 9.17) is 0 Å². The Hall–Kier alpha value is -2.96. The molecule has 1 unspecified atom stereocenters. The SMILES string of the molecule is Cc1cc2ncc3c(n2n1)C(C)(C)CC3C(=O)Nc1ccc(C)c(=O)[nH]1. The van der Waals surface area contributed by atoms with Crippen molar-refractivity contribution >= 4 is 17.4 Å². The van der Waals surface area contributed by atoms with Crippen LogP contribution in [0.1, 0.15) is 48.7 Å². The fourth-order valence-electron chi connectivity index (χ4n) is 3.78. The van der Waals surface area contributed by atoms with Gasteiger partial charge in [0, 0.05) is 28.8 Å². The van der Waals surface area contributed by atoms with Crippen LogP contribution < -0.4 is 10.9 Å². The van der Waals surface area contributed by atoms with Crippen LogP contribution in [0, 0.1) is 13.8 Å². The van der Waals surface area contributed by atoms with E-state index in [0.717, 1.165) is 22.6 Å². The van der Waals surface area contributed by atoms with Gasteiger partial charge in [0.15, 0.2) is 5.65 Å². The molecular weight excluding hydrogens is 330 g/mol. The van der Waals surface area contributed by atoms with Crippen LogP contribution in [0.15, 0.2) is 29.2 Å². The molecule has 2 N–H and O–H groups in total. The lowest BCUT2D eigenvalue weighted by atomic mass is 9.88.